The summed E-state index contributed by atoms with van der Waals surface area (Å²) in [4.78, 5) is 48.4. The second-order valence-corrected chi connectivity index (χ2v) is 7.41. The number of piperidine rings is 1. The Hall–Kier alpha value is -3.29. The molecule has 8 heteroatoms. The molecule has 3 aromatic rings. The fourth-order valence-electron chi connectivity index (χ4n) is 3.95. The minimum atomic E-state index is -0.418. The molecule has 1 amide bonds. The number of hydrogen-bond acceptors (Lipinski definition) is 5. The van der Waals surface area contributed by atoms with Crippen molar-refractivity contribution in [2.24, 2.45) is 14.1 Å². The number of carbonyl (C=O) groups excluding carboxylic acids is 1. The molecule has 0 N–H and O–H groups in total. The van der Waals surface area contributed by atoms with Crippen molar-refractivity contribution in [1.29, 1.82) is 0 Å². The topological polar surface area (TPSA) is 90.1 Å². The van der Waals surface area contributed by atoms with Gasteiger partial charge in [-0.25, -0.2) is 9.78 Å². The summed E-state index contributed by atoms with van der Waals surface area (Å²) in [5.41, 5.74) is 1.00. The molecule has 0 bridgehead atoms. The van der Waals surface area contributed by atoms with Crippen LogP contribution in [0.5, 0.6) is 0 Å². The molecule has 1 saturated heterocycles. The zero-order valence-corrected chi connectivity index (χ0v) is 16.5. The Morgan fingerprint density at radius 3 is 2.69 bits per heavy atom. The molecule has 0 radical (unpaired) electrons. The number of aryl methyl sites for hydroxylation is 1. The lowest BCUT2D eigenvalue weighted by Gasteiger charge is -2.35. The van der Waals surface area contributed by atoms with Crippen molar-refractivity contribution in [3.8, 4) is 0 Å². The molecule has 0 spiro atoms. The van der Waals surface area contributed by atoms with E-state index in [2.05, 4.69) is 9.97 Å². The van der Waals surface area contributed by atoms with Crippen molar-refractivity contribution >= 4 is 16.9 Å². The summed E-state index contributed by atoms with van der Waals surface area (Å²) in [6, 6.07) is 8.86. The lowest BCUT2D eigenvalue weighted by atomic mass is 9.98. The van der Waals surface area contributed by atoms with Gasteiger partial charge in [-0.05, 0) is 43.5 Å². The Bertz CT molecular complexity index is 1180. The summed E-state index contributed by atoms with van der Waals surface area (Å²) in [5, 5.41) is 0.389. The third-order valence-electron chi connectivity index (χ3n) is 5.55. The number of pyridine rings is 2. The molecule has 1 aliphatic heterocycles. The number of fused-ring (bicyclic) bond motifs is 1. The predicted molar refractivity (Wildman–Crippen MR) is 108 cm³/mol. The second-order valence-electron chi connectivity index (χ2n) is 7.41. The average molecular weight is 393 g/mol. The smallest absolute Gasteiger partial charge is 0.332 e. The molecule has 1 fully saturated rings. The molecule has 4 heterocycles. The van der Waals surface area contributed by atoms with Crippen LogP contribution in [-0.2, 0) is 25.3 Å². The van der Waals surface area contributed by atoms with Crippen LogP contribution < -0.4 is 11.2 Å². The maximum absolute atomic E-state index is 13.0. The molecule has 3 aromatic heterocycles. The van der Waals surface area contributed by atoms with E-state index < -0.39 is 5.69 Å². The normalized spacial score (nSPS) is 16.9. The quantitative estimate of drug-likeness (QED) is 0.670. The van der Waals surface area contributed by atoms with E-state index in [0.29, 0.717) is 23.3 Å². The van der Waals surface area contributed by atoms with E-state index in [4.69, 9.17) is 0 Å². The molecule has 1 aliphatic rings. The maximum atomic E-state index is 13.0. The van der Waals surface area contributed by atoms with Gasteiger partial charge < -0.3 is 4.90 Å². The third-order valence-corrected chi connectivity index (χ3v) is 5.55. The van der Waals surface area contributed by atoms with Gasteiger partial charge in [0.1, 0.15) is 5.65 Å². The summed E-state index contributed by atoms with van der Waals surface area (Å²) in [6.45, 7) is 0.658. The van der Waals surface area contributed by atoms with Gasteiger partial charge in [0, 0.05) is 32.5 Å². The minimum absolute atomic E-state index is 0.00756. The molecule has 0 saturated carbocycles. The number of likely N-dealkylation sites (tertiary alicyclic amines) is 1. The van der Waals surface area contributed by atoms with Gasteiger partial charge in [0.15, 0.2) is 0 Å². The van der Waals surface area contributed by atoms with Crippen molar-refractivity contribution in [3.63, 3.8) is 0 Å². The molecule has 29 heavy (non-hydrogen) atoms. The first-order valence-electron chi connectivity index (χ1n) is 9.73. The first-order chi connectivity index (χ1) is 14.0. The molecule has 0 unspecified atom stereocenters. The molecular formula is C21H23N5O3. The minimum Gasteiger partial charge on any atom is -0.334 e. The lowest BCUT2D eigenvalue weighted by Crippen LogP contribution is -2.40. The Morgan fingerprint density at radius 2 is 1.93 bits per heavy atom. The molecule has 4 rings (SSSR count). The molecule has 8 nitrogen and oxygen atoms in total. The van der Waals surface area contributed by atoms with Crippen LogP contribution in [0.2, 0.25) is 0 Å². The Labute approximate surface area is 167 Å². The zero-order chi connectivity index (χ0) is 20.5. The summed E-state index contributed by atoms with van der Waals surface area (Å²) >= 11 is 0. The van der Waals surface area contributed by atoms with Crippen LogP contribution in [0.3, 0.4) is 0 Å². The SMILES string of the molecule is Cn1c(=O)c2ccc([C@@H]3CCCCN3C(=O)Cc3ccccn3)nc2n(C)c1=O. The fourth-order valence-corrected chi connectivity index (χ4v) is 3.95. The van der Waals surface area contributed by atoms with Crippen LogP contribution in [0.15, 0.2) is 46.1 Å². The first-order valence-corrected chi connectivity index (χ1v) is 9.73. The molecule has 0 aromatic carbocycles. The Balaban J connectivity index is 1.71. The van der Waals surface area contributed by atoms with Crippen molar-refractivity contribution < 1.29 is 4.79 Å². The summed E-state index contributed by atoms with van der Waals surface area (Å²) in [6.07, 6.45) is 4.65. The van der Waals surface area contributed by atoms with Gasteiger partial charge in [-0.2, -0.15) is 0 Å². The molecule has 150 valence electrons. The number of hydrogen-bond donors (Lipinski definition) is 0. The standard InChI is InChI=1S/C21H23N5O3/c1-24-19-15(20(28)25(2)21(24)29)9-10-16(23-19)17-8-4-6-12-26(17)18(27)13-14-7-3-5-11-22-14/h3,5,7,9-11,17H,4,6,8,12-13H2,1-2H3/t17-/m0/s1. The second kappa shape index (κ2) is 7.62. The number of rotatable bonds is 3. The highest BCUT2D eigenvalue weighted by molar-refractivity contribution is 5.79. The van der Waals surface area contributed by atoms with Gasteiger partial charge in [-0.1, -0.05) is 6.07 Å². The monoisotopic (exact) mass is 393 g/mol. The van der Waals surface area contributed by atoms with Crippen LogP contribution >= 0.6 is 0 Å². The zero-order valence-electron chi connectivity index (χ0n) is 16.5. The average Bonchev–Trinajstić information content (AvgIpc) is 2.76. The third kappa shape index (κ3) is 3.46. The van der Waals surface area contributed by atoms with E-state index in [1.807, 2.05) is 23.1 Å². The number of aromatic nitrogens is 4. The van der Waals surface area contributed by atoms with Crippen molar-refractivity contribution in [2.75, 3.05) is 6.54 Å². The van der Waals surface area contributed by atoms with E-state index >= 15 is 0 Å². The van der Waals surface area contributed by atoms with Crippen LogP contribution in [0.1, 0.15) is 36.7 Å². The Morgan fingerprint density at radius 1 is 1.10 bits per heavy atom. The number of carbonyl (C=O) groups is 1. The highest BCUT2D eigenvalue weighted by Gasteiger charge is 2.29. The van der Waals surface area contributed by atoms with Crippen molar-refractivity contribution in [1.82, 2.24) is 24.0 Å². The summed E-state index contributed by atoms with van der Waals surface area (Å²) < 4.78 is 2.45. The highest BCUT2D eigenvalue weighted by Crippen LogP contribution is 2.31. The molecule has 0 aliphatic carbocycles. The van der Waals surface area contributed by atoms with Crippen molar-refractivity contribution in [2.45, 2.75) is 31.7 Å². The van der Waals surface area contributed by atoms with E-state index in [1.165, 1.54) is 11.6 Å². The van der Waals surface area contributed by atoms with E-state index in [0.717, 1.165) is 29.5 Å². The lowest BCUT2D eigenvalue weighted by molar-refractivity contribution is -0.134. The van der Waals surface area contributed by atoms with Gasteiger partial charge in [0.2, 0.25) is 5.91 Å². The van der Waals surface area contributed by atoms with E-state index in [1.54, 1.807) is 25.4 Å². The first kappa shape index (κ1) is 19.0. The molecular weight excluding hydrogens is 370 g/mol. The van der Waals surface area contributed by atoms with Crippen molar-refractivity contribution in [3.05, 3.63) is 68.8 Å². The van der Waals surface area contributed by atoms with Gasteiger partial charge in [-0.3, -0.25) is 23.7 Å². The maximum Gasteiger partial charge on any atom is 0.332 e. The van der Waals surface area contributed by atoms with Crippen LogP contribution in [0.4, 0.5) is 0 Å². The van der Waals surface area contributed by atoms with Gasteiger partial charge >= 0.3 is 5.69 Å². The molecule has 1 atom stereocenters. The van der Waals surface area contributed by atoms with E-state index in [9.17, 15) is 14.4 Å². The fraction of sp³-hybridized carbons (Fsp3) is 0.381. The van der Waals surface area contributed by atoms with Gasteiger partial charge in [-0.15, -0.1) is 0 Å². The summed E-state index contributed by atoms with van der Waals surface area (Å²) in [7, 11) is 3.06. The number of amides is 1. The summed E-state index contributed by atoms with van der Waals surface area (Å²) in [5.74, 6) is 0.00756. The number of nitrogens with zero attached hydrogens (tertiary/aromatic N) is 5. The van der Waals surface area contributed by atoms with Gasteiger partial charge in [0.25, 0.3) is 5.56 Å². The highest BCUT2D eigenvalue weighted by atomic mass is 16.2. The predicted octanol–water partition coefficient (Wildman–Crippen LogP) is 1.32. The van der Waals surface area contributed by atoms with Gasteiger partial charge in [0.05, 0.1) is 23.5 Å². The van der Waals surface area contributed by atoms with Crippen LogP contribution in [-0.4, -0.2) is 36.5 Å². The van der Waals surface area contributed by atoms with Crippen LogP contribution in [0.25, 0.3) is 11.0 Å². The Kier molecular flexibility index (Phi) is 5.00. The van der Waals surface area contributed by atoms with E-state index in [-0.39, 0.29) is 23.9 Å². The van der Waals surface area contributed by atoms with Crippen LogP contribution in [0, 0.1) is 0 Å². The largest absolute Gasteiger partial charge is 0.334 e.